The molecule has 0 radical (unpaired) electrons. The van der Waals surface area contributed by atoms with E-state index in [9.17, 15) is 14.4 Å². The summed E-state index contributed by atoms with van der Waals surface area (Å²) < 4.78 is 15.7. The molecule has 2 amide bonds. The lowest BCUT2D eigenvalue weighted by Gasteiger charge is -2.12. The maximum absolute atomic E-state index is 12.2. The van der Waals surface area contributed by atoms with Gasteiger partial charge in [-0.2, -0.15) is 0 Å². The van der Waals surface area contributed by atoms with Gasteiger partial charge in [0.2, 0.25) is 0 Å². The smallest absolute Gasteiger partial charge is 0.325 e. The summed E-state index contributed by atoms with van der Waals surface area (Å²) in [5.74, 6) is -0.0399. The standard InChI is InChI=1S/C24H22N2O6/c1-30-18-13-11-17(12-14-18)24(29)25-15-23(28)31-16-22(27)26-20-9-5-6-10-21(20)32-19-7-3-2-4-8-19/h2-14H,15-16H2,1H3,(H,25,29)(H,26,27). The number of anilines is 1. The highest BCUT2D eigenvalue weighted by Crippen LogP contribution is 2.28. The summed E-state index contributed by atoms with van der Waals surface area (Å²) in [6.45, 7) is -0.872. The first-order valence-corrected chi connectivity index (χ1v) is 9.75. The molecule has 8 heteroatoms. The molecular weight excluding hydrogens is 412 g/mol. The van der Waals surface area contributed by atoms with Crippen LogP contribution in [0.25, 0.3) is 0 Å². The van der Waals surface area contributed by atoms with Crippen molar-refractivity contribution in [2.45, 2.75) is 0 Å². The molecule has 0 aliphatic heterocycles. The van der Waals surface area contributed by atoms with Crippen molar-refractivity contribution in [3.63, 3.8) is 0 Å². The molecule has 32 heavy (non-hydrogen) atoms. The van der Waals surface area contributed by atoms with Gasteiger partial charge in [-0.1, -0.05) is 30.3 Å². The third kappa shape index (κ3) is 6.60. The van der Waals surface area contributed by atoms with Crippen LogP contribution < -0.4 is 20.1 Å². The van der Waals surface area contributed by atoms with Crippen molar-refractivity contribution in [3.8, 4) is 17.2 Å². The van der Waals surface area contributed by atoms with Gasteiger partial charge in [0.15, 0.2) is 12.4 Å². The number of benzene rings is 3. The molecule has 164 valence electrons. The predicted octanol–water partition coefficient (Wildman–Crippen LogP) is 3.40. The average molecular weight is 434 g/mol. The van der Waals surface area contributed by atoms with E-state index in [4.69, 9.17) is 14.2 Å². The van der Waals surface area contributed by atoms with Crippen LogP contribution >= 0.6 is 0 Å². The summed E-state index contributed by atoms with van der Waals surface area (Å²) in [5, 5.41) is 5.09. The molecular formula is C24H22N2O6. The maximum atomic E-state index is 12.2. The quantitative estimate of drug-likeness (QED) is 0.501. The summed E-state index contributed by atoms with van der Waals surface area (Å²) in [5.41, 5.74) is 0.802. The van der Waals surface area contributed by atoms with E-state index < -0.39 is 24.4 Å². The molecule has 3 aromatic rings. The van der Waals surface area contributed by atoms with E-state index in [0.29, 0.717) is 28.5 Å². The number of carbonyl (C=O) groups is 3. The monoisotopic (exact) mass is 434 g/mol. The maximum Gasteiger partial charge on any atom is 0.325 e. The lowest BCUT2D eigenvalue weighted by Crippen LogP contribution is -2.32. The molecule has 3 aromatic carbocycles. The summed E-state index contributed by atoms with van der Waals surface area (Å²) in [6, 6.07) is 22.4. The molecule has 0 bridgehead atoms. The zero-order chi connectivity index (χ0) is 22.8. The number of para-hydroxylation sites is 3. The highest BCUT2D eigenvalue weighted by Gasteiger charge is 2.13. The summed E-state index contributed by atoms with van der Waals surface area (Å²) in [4.78, 5) is 36.1. The molecule has 0 spiro atoms. The van der Waals surface area contributed by atoms with Gasteiger partial charge >= 0.3 is 5.97 Å². The van der Waals surface area contributed by atoms with Crippen molar-refractivity contribution in [1.29, 1.82) is 0 Å². The number of rotatable bonds is 9. The second-order valence-electron chi connectivity index (χ2n) is 6.53. The number of esters is 1. The number of carbonyl (C=O) groups excluding carboxylic acids is 3. The molecule has 2 N–H and O–H groups in total. The van der Waals surface area contributed by atoms with E-state index in [-0.39, 0.29) is 6.54 Å². The minimum absolute atomic E-state index is 0.367. The average Bonchev–Trinajstić information content (AvgIpc) is 2.83. The first-order valence-electron chi connectivity index (χ1n) is 9.75. The van der Waals surface area contributed by atoms with Gasteiger partial charge in [-0.15, -0.1) is 0 Å². The Kier molecular flexibility index (Phi) is 7.80. The molecule has 3 rings (SSSR count). The van der Waals surface area contributed by atoms with Crippen molar-refractivity contribution >= 4 is 23.5 Å². The molecule has 0 aliphatic carbocycles. The summed E-state index contributed by atoms with van der Waals surface area (Å²) >= 11 is 0. The molecule has 0 aliphatic rings. The summed E-state index contributed by atoms with van der Waals surface area (Å²) in [6.07, 6.45) is 0. The fraction of sp³-hybridized carbons (Fsp3) is 0.125. The zero-order valence-electron chi connectivity index (χ0n) is 17.4. The fourth-order valence-corrected chi connectivity index (χ4v) is 2.65. The van der Waals surface area contributed by atoms with E-state index in [0.717, 1.165) is 0 Å². The lowest BCUT2D eigenvalue weighted by atomic mass is 10.2. The Morgan fingerprint density at radius 3 is 2.22 bits per heavy atom. The number of hydrogen-bond acceptors (Lipinski definition) is 6. The lowest BCUT2D eigenvalue weighted by molar-refractivity contribution is -0.146. The highest BCUT2D eigenvalue weighted by molar-refractivity contribution is 5.97. The van der Waals surface area contributed by atoms with E-state index >= 15 is 0 Å². The van der Waals surface area contributed by atoms with Gasteiger partial charge < -0.3 is 24.8 Å². The Morgan fingerprint density at radius 1 is 0.812 bits per heavy atom. The van der Waals surface area contributed by atoms with Crippen LogP contribution in [0.1, 0.15) is 10.4 Å². The van der Waals surface area contributed by atoms with E-state index in [1.165, 1.54) is 7.11 Å². The van der Waals surface area contributed by atoms with Crippen LogP contribution in [0.2, 0.25) is 0 Å². The third-order valence-corrected chi connectivity index (χ3v) is 4.24. The predicted molar refractivity (Wildman–Crippen MR) is 118 cm³/mol. The Bertz CT molecular complexity index is 1070. The van der Waals surface area contributed by atoms with Gasteiger partial charge in [-0.3, -0.25) is 14.4 Å². The van der Waals surface area contributed by atoms with Crippen LogP contribution in [0.5, 0.6) is 17.2 Å². The normalized spacial score (nSPS) is 10.0. The SMILES string of the molecule is COc1ccc(C(=O)NCC(=O)OCC(=O)Nc2ccccc2Oc2ccccc2)cc1. The Hall–Kier alpha value is -4.33. The van der Waals surface area contributed by atoms with E-state index in [2.05, 4.69) is 10.6 Å². The second kappa shape index (κ2) is 11.2. The van der Waals surface area contributed by atoms with Crippen molar-refractivity contribution in [2.75, 3.05) is 25.6 Å². The molecule has 0 unspecified atom stereocenters. The zero-order valence-corrected chi connectivity index (χ0v) is 17.4. The van der Waals surface area contributed by atoms with Crippen LogP contribution in [0.3, 0.4) is 0 Å². The van der Waals surface area contributed by atoms with E-state index in [1.807, 2.05) is 18.2 Å². The van der Waals surface area contributed by atoms with Crippen LogP contribution in [0.15, 0.2) is 78.9 Å². The minimum Gasteiger partial charge on any atom is -0.497 e. The Labute approximate surface area is 185 Å². The number of amides is 2. The molecule has 0 saturated heterocycles. The van der Waals surface area contributed by atoms with Crippen molar-refractivity contribution < 1.29 is 28.6 Å². The van der Waals surface area contributed by atoms with Gasteiger partial charge in [0.05, 0.1) is 12.8 Å². The van der Waals surface area contributed by atoms with Gasteiger partial charge in [0.25, 0.3) is 11.8 Å². The van der Waals surface area contributed by atoms with E-state index in [1.54, 1.807) is 60.7 Å². The Morgan fingerprint density at radius 2 is 1.50 bits per heavy atom. The number of methoxy groups -OCH3 is 1. The number of nitrogens with one attached hydrogen (secondary N) is 2. The van der Waals surface area contributed by atoms with Crippen LogP contribution in [0.4, 0.5) is 5.69 Å². The first-order chi connectivity index (χ1) is 15.5. The number of hydrogen-bond donors (Lipinski definition) is 2. The van der Waals surface area contributed by atoms with Gasteiger partial charge in [-0.05, 0) is 48.5 Å². The van der Waals surface area contributed by atoms with Gasteiger partial charge in [0.1, 0.15) is 18.0 Å². The largest absolute Gasteiger partial charge is 0.497 e. The molecule has 8 nitrogen and oxygen atoms in total. The molecule has 0 atom stereocenters. The first kappa shape index (κ1) is 22.4. The van der Waals surface area contributed by atoms with Crippen LogP contribution in [0, 0.1) is 0 Å². The van der Waals surface area contributed by atoms with Crippen molar-refractivity contribution in [3.05, 3.63) is 84.4 Å². The molecule has 0 heterocycles. The number of ether oxygens (including phenoxy) is 3. The van der Waals surface area contributed by atoms with Crippen molar-refractivity contribution in [2.24, 2.45) is 0 Å². The highest BCUT2D eigenvalue weighted by atomic mass is 16.5. The Balaban J connectivity index is 1.45. The van der Waals surface area contributed by atoms with Crippen LogP contribution in [-0.2, 0) is 14.3 Å². The second-order valence-corrected chi connectivity index (χ2v) is 6.53. The van der Waals surface area contributed by atoms with Gasteiger partial charge in [0, 0.05) is 5.56 Å². The third-order valence-electron chi connectivity index (χ3n) is 4.24. The van der Waals surface area contributed by atoms with Crippen molar-refractivity contribution in [1.82, 2.24) is 5.32 Å². The minimum atomic E-state index is -0.740. The molecule has 0 aromatic heterocycles. The van der Waals surface area contributed by atoms with Gasteiger partial charge in [-0.25, -0.2) is 0 Å². The topological polar surface area (TPSA) is 103 Å². The molecule has 0 saturated carbocycles. The fourth-order valence-electron chi connectivity index (χ4n) is 2.65. The molecule has 0 fully saturated rings. The summed E-state index contributed by atoms with van der Waals surface area (Å²) in [7, 11) is 1.52. The van der Waals surface area contributed by atoms with Crippen LogP contribution in [-0.4, -0.2) is 38.0 Å².